The molecule has 2 aromatic rings. The Morgan fingerprint density at radius 2 is 2.25 bits per heavy atom. The highest BCUT2D eigenvalue weighted by Gasteiger charge is 2.06. The number of halogens is 1. The van der Waals surface area contributed by atoms with Gasteiger partial charge in [-0.05, 0) is 35.0 Å². The molecule has 1 aromatic carbocycles. The van der Waals surface area contributed by atoms with Crippen molar-refractivity contribution in [1.29, 1.82) is 0 Å². The van der Waals surface area contributed by atoms with Crippen LogP contribution in [0.3, 0.4) is 0 Å². The fourth-order valence-corrected chi connectivity index (χ4v) is 1.41. The molecule has 0 atom stereocenters. The van der Waals surface area contributed by atoms with Crippen molar-refractivity contribution in [3.05, 3.63) is 34.6 Å². The van der Waals surface area contributed by atoms with E-state index < -0.39 is 0 Å². The van der Waals surface area contributed by atoms with Gasteiger partial charge in [-0.15, -0.1) is 5.10 Å². The molecule has 5 nitrogen and oxygen atoms in total. The lowest BCUT2D eigenvalue weighted by Crippen LogP contribution is -2.04. The van der Waals surface area contributed by atoms with Crippen LogP contribution in [0.15, 0.2) is 18.2 Å². The van der Waals surface area contributed by atoms with Crippen LogP contribution in [0.4, 0.5) is 0 Å². The summed E-state index contributed by atoms with van der Waals surface area (Å²) in [5.41, 5.74) is 1.09. The molecular formula is C10H11ClN4O. The second-order valence-corrected chi connectivity index (χ2v) is 3.85. The van der Waals surface area contributed by atoms with Crippen molar-refractivity contribution in [2.45, 2.75) is 13.5 Å². The van der Waals surface area contributed by atoms with Crippen molar-refractivity contribution in [2.24, 2.45) is 7.05 Å². The smallest absolute Gasteiger partial charge is 0.188 e. The van der Waals surface area contributed by atoms with E-state index >= 15 is 0 Å². The third-order valence-electron chi connectivity index (χ3n) is 2.15. The van der Waals surface area contributed by atoms with E-state index in [9.17, 15) is 0 Å². The standard InChI is InChI=1S/C10H11ClN4O/c1-7-3-4-8(11)9(5-7)16-6-10-12-13-14-15(10)2/h3-5H,6H2,1-2H3. The van der Waals surface area contributed by atoms with E-state index in [-0.39, 0.29) is 0 Å². The summed E-state index contributed by atoms with van der Waals surface area (Å²) in [5.74, 6) is 1.29. The number of hydrogen-bond donors (Lipinski definition) is 0. The van der Waals surface area contributed by atoms with Crippen LogP contribution in [0.5, 0.6) is 5.75 Å². The van der Waals surface area contributed by atoms with Gasteiger partial charge in [0.2, 0.25) is 0 Å². The first-order valence-electron chi connectivity index (χ1n) is 4.77. The molecule has 6 heteroatoms. The van der Waals surface area contributed by atoms with E-state index in [4.69, 9.17) is 16.3 Å². The highest BCUT2D eigenvalue weighted by atomic mass is 35.5. The van der Waals surface area contributed by atoms with Crippen molar-refractivity contribution < 1.29 is 4.74 Å². The molecule has 0 N–H and O–H groups in total. The van der Waals surface area contributed by atoms with Crippen LogP contribution in [0.1, 0.15) is 11.4 Å². The van der Waals surface area contributed by atoms with Gasteiger partial charge in [0.25, 0.3) is 0 Å². The van der Waals surface area contributed by atoms with E-state index in [1.165, 1.54) is 0 Å². The van der Waals surface area contributed by atoms with E-state index in [2.05, 4.69) is 15.5 Å². The Hall–Kier alpha value is -1.62. The molecule has 0 bridgehead atoms. The van der Waals surface area contributed by atoms with Gasteiger partial charge in [-0.1, -0.05) is 17.7 Å². The minimum atomic E-state index is 0.298. The topological polar surface area (TPSA) is 52.8 Å². The van der Waals surface area contributed by atoms with Crippen molar-refractivity contribution in [1.82, 2.24) is 20.2 Å². The van der Waals surface area contributed by atoms with Crippen LogP contribution >= 0.6 is 11.6 Å². The number of benzene rings is 1. The zero-order valence-electron chi connectivity index (χ0n) is 9.01. The summed E-state index contributed by atoms with van der Waals surface area (Å²) in [4.78, 5) is 0. The Kier molecular flexibility index (Phi) is 3.05. The molecule has 0 aliphatic heterocycles. The summed E-state index contributed by atoms with van der Waals surface area (Å²) < 4.78 is 7.11. The lowest BCUT2D eigenvalue weighted by molar-refractivity contribution is 0.289. The normalized spacial score (nSPS) is 10.4. The molecule has 84 valence electrons. The predicted molar refractivity (Wildman–Crippen MR) is 59.3 cm³/mol. The highest BCUT2D eigenvalue weighted by Crippen LogP contribution is 2.25. The number of rotatable bonds is 3. The molecule has 0 fully saturated rings. The van der Waals surface area contributed by atoms with Crippen molar-refractivity contribution in [3.8, 4) is 5.75 Å². The van der Waals surface area contributed by atoms with Gasteiger partial charge in [0.1, 0.15) is 12.4 Å². The zero-order chi connectivity index (χ0) is 11.5. The maximum atomic E-state index is 5.99. The van der Waals surface area contributed by atoms with Gasteiger partial charge < -0.3 is 4.74 Å². The highest BCUT2D eigenvalue weighted by molar-refractivity contribution is 6.32. The second kappa shape index (κ2) is 4.49. The fraction of sp³-hybridized carbons (Fsp3) is 0.300. The van der Waals surface area contributed by atoms with Crippen LogP contribution in [0, 0.1) is 6.92 Å². The Morgan fingerprint density at radius 1 is 1.44 bits per heavy atom. The minimum absolute atomic E-state index is 0.298. The monoisotopic (exact) mass is 238 g/mol. The average Bonchev–Trinajstić information content (AvgIpc) is 2.66. The van der Waals surface area contributed by atoms with Crippen molar-refractivity contribution >= 4 is 11.6 Å². The van der Waals surface area contributed by atoms with Crippen LogP contribution in [-0.2, 0) is 13.7 Å². The summed E-state index contributed by atoms with van der Waals surface area (Å²) in [6.07, 6.45) is 0. The molecular weight excluding hydrogens is 228 g/mol. The van der Waals surface area contributed by atoms with Gasteiger partial charge in [0.15, 0.2) is 5.82 Å². The summed E-state index contributed by atoms with van der Waals surface area (Å²) in [5, 5.41) is 11.6. The molecule has 0 amide bonds. The SMILES string of the molecule is Cc1ccc(Cl)c(OCc2nnnn2C)c1. The van der Waals surface area contributed by atoms with E-state index in [0.29, 0.717) is 23.2 Å². The molecule has 1 aromatic heterocycles. The number of aromatic nitrogens is 4. The number of nitrogens with zero attached hydrogens (tertiary/aromatic N) is 4. The Labute approximate surface area is 98.0 Å². The molecule has 0 spiro atoms. The molecule has 0 aliphatic rings. The van der Waals surface area contributed by atoms with Crippen LogP contribution in [0.2, 0.25) is 5.02 Å². The van der Waals surface area contributed by atoms with Gasteiger partial charge in [-0.3, -0.25) is 0 Å². The van der Waals surface area contributed by atoms with Gasteiger partial charge in [-0.2, -0.15) is 0 Å². The lowest BCUT2D eigenvalue weighted by atomic mass is 10.2. The Morgan fingerprint density at radius 3 is 2.94 bits per heavy atom. The van der Waals surface area contributed by atoms with Crippen LogP contribution < -0.4 is 4.74 Å². The third-order valence-corrected chi connectivity index (χ3v) is 2.46. The number of ether oxygens (including phenoxy) is 1. The number of hydrogen-bond acceptors (Lipinski definition) is 4. The van der Waals surface area contributed by atoms with Crippen molar-refractivity contribution in [2.75, 3.05) is 0 Å². The molecule has 0 radical (unpaired) electrons. The summed E-state index contributed by atoms with van der Waals surface area (Å²) >= 11 is 5.99. The predicted octanol–water partition coefficient (Wildman–Crippen LogP) is 1.75. The van der Waals surface area contributed by atoms with Gasteiger partial charge in [0.05, 0.1) is 5.02 Å². The maximum Gasteiger partial charge on any atom is 0.188 e. The van der Waals surface area contributed by atoms with E-state index in [1.54, 1.807) is 17.8 Å². The van der Waals surface area contributed by atoms with Gasteiger partial charge >= 0.3 is 0 Å². The average molecular weight is 239 g/mol. The zero-order valence-corrected chi connectivity index (χ0v) is 9.77. The quantitative estimate of drug-likeness (QED) is 0.818. The summed E-state index contributed by atoms with van der Waals surface area (Å²) in [6.45, 7) is 2.28. The van der Waals surface area contributed by atoms with Crippen LogP contribution in [-0.4, -0.2) is 20.2 Å². The molecule has 0 saturated heterocycles. The Balaban J connectivity index is 2.10. The molecule has 0 saturated carbocycles. The number of tetrazole rings is 1. The van der Waals surface area contributed by atoms with Gasteiger partial charge in [-0.25, -0.2) is 4.68 Å². The first kappa shape index (κ1) is 10.9. The largest absolute Gasteiger partial charge is 0.484 e. The first-order chi connectivity index (χ1) is 7.66. The summed E-state index contributed by atoms with van der Waals surface area (Å²) in [6, 6.07) is 5.62. The van der Waals surface area contributed by atoms with Crippen molar-refractivity contribution in [3.63, 3.8) is 0 Å². The van der Waals surface area contributed by atoms with E-state index in [1.807, 2.05) is 19.1 Å². The molecule has 16 heavy (non-hydrogen) atoms. The summed E-state index contributed by atoms with van der Waals surface area (Å²) in [7, 11) is 1.76. The molecule has 0 aliphatic carbocycles. The Bertz CT molecular complexity index is 497. The van der Waals surface area contributed by atoms with Crippen LogP contribution in [0.25, 0.3) is 0 Å². The second-order valence-electron chi connectivity index (χ2n) is 3.44. The third kappa shape index (κ3) is 2.30. The fourth-order valence-electron chi connectivity index (χ4n) is 1.23. The molecule has 0 unspecified atom stereocenters. The maximum absolute atomic E-state index is 5.99. The minimum Gasteiger partial charge on any atom is -0.484 e. The molecule has 2 rings (SSSR count). The molecule has 1 heterocycles. The number of aryl methyl sites for hydroxylation is 2. The van der Waals surface area contributed by atoms with E-state index in [0.717, 1.165) is 5.56 Å². The lowest BCUT2D eigenvalue weighted by Gasteiger charge is -2.07. The first-order valence-corrected chi connectivity index (χ1v) is 5.15. The van der Waals surface area contributed by atoms with Gasteiger partial charge in [0, 0.05) is 7.05 Å².